The van der Waals surface area contributed by atoms with E-state index >= 15 is 0 Å². The number of likely N-dealkylation sites (tertiary alicyclic amines) is 1. The van der Waals surface area contributed by atoms with Gasteiger partial charge in [-0.2, -0.15) is 0 Å². The Kier molecular flexibility index (Phi) is 3.87. The molecule has 0 aliphatic carbocycles. The molecule has 0 aromatic carbocycles. The lowest BCUT2D eigenvalue weighted by molar-refractivity contribution is 0.156. The third-order valence-corrected chi connectivity index (χ3v) is 5.37. The van der Waals surface area contributed by atoms with Crippen molar-refractivity contribution in [3.8, 4) is 0 Å². The SMILES string of the molecule is CCN[C@@H]1CS(=O)(=O)C[C@@H]1N1CCCCC1. The van der Waals surface area contributed by atoms with Crippen LogP contribution in [0.15, 0.2) is 0 Å². The van der Waals surface area contributed by atoms with E-state index in [1.165, 1.54) is 19.3 Å². The summed E-state index contributed by atoms with van der Waals surface area (Å²) in [6.45, 7) is 5.03. The minimum Gasteiger partial charge on any atom is -0.312 e. The Morgan fingerprint density at radius 2 is 1.88 bits per heavy atom. The van der Waals surface area contributed by atoms with Crippen molar-refractivity contribution in [2.75, 3.05) is 31.1 Å². The summed E-state index contributed by atoms with van der Waals surface area (Å²) in [6, 6.07) is 0.360. The Balaban J connectivity index is 2.05. The molecule has 2 atom stereocenters. The highest BCUT2D eigenvalue weighted by Gasteiger charge is 2.40. The molecule has 2 rings (SSSR count). The number of hydrogen-bond acceptors (Lipinski definition) is 4. The predicted molar refractivity (Wildman–Crippen MR) is 65.3 cm³/mol. The lowest BCUT2D eigenvalue weighted by Gasteiger charge is -2.35. The molecule has 16 heavy (non-hydrogen) atoms. The fourth-order valence-electron chi connectivity index (χ4n) is 2.90. The largest absolute Gasteiger partial charge is 0.312 e. The molecule has 94 valence electrons. The van der Waals surface area contributed by atoms with Crippen LogP contribution in [0.3, 0.4) is 0 Å². The van der Waals surface area contributed by atoms with Gasteiger partial charge in [0.1, 0.15) is 0 Å². The Morgan fingerprint density at radius 3 is 2.50 bits per heavy atom. The molecule has 0 radical (unpaired) electrons. The van der Waals surface area contributed by atoms with Crippen LogP contribution in [0.5, 0.6) is 0 Å². The smallest absolute Gasteiger partial charge is 0.153 e. The van der Waals surface area contributed by atoms with E-state index < -0.39 is 9.84 Å². The monoisotopic (exact) mass is 246 g/mol. The first-order chi connectivity index (χ1) is 7.62. The third-order valence-electron chi connectivity index (χ3n) is 3.65. The molecular weight excluding hydrogens is 224 g/mol. The molecule has 0 bridgehead atoms. The average Bonchev–Trinajstić information content (AvgIpc) is 2.56. The Morgan fingerprint density at radius 1 is 1.19 bits per heavy atom. The number of nitrogens with one attached hydrogen (secondary N) is 1. The van der Waals surface area contributed by atoms with Gasteiger partial charge >= 0.3 is 0 Å². The minimum absolute atomic E-state index is 0.146. The zero-order chi connectivity index (χ0) is 11.6. The summed E-state index contributed by atoms with van der Waals surface area (Å²) in [5.74, 6) is 0.673. The summed E-state index contributed by atoms with van der Waals surface area (Å²) in [6.07, 6.45) is 3.73. The molecule has 2 aliphatic rings. The van der Waals surface area contributed by atoms with Gasteiger partial charge in [-0.3, -0.25) is 4.90 Å². The zero-order valence-electron chi connectivity index (χ0n) is 9.98. The Bertz CT molecular complexity index is 323. The van der Waals surface area contributed by atoms with Crippen molar-refractivity contribution in [2.24, 2.45) is 0 Å². The second-order valence-electron chi connectivity index (χ2n) is 4.91. The molecule has 0 spiro atoms. The minimum atomic E-state index is -2.82. The molecule has 4 nitrogen and oxygen atoms in total. The number of piperidine rings is 1. The first-order valence-corrected chi connectivity index (χ1v) is 8.12. The van der Waals surface area contributed by atoms with Crippen LogP contribution in [0.25, 0.3) is 0 Å². The highest BCUT2D eigenvalue weighted by molar-refractivity contribution is 7.91. The standard InChI is InChI=1S/C11H22N2O2S/c1-2-12-10-8-16(14,15)9-11(10)13-6-4-3-5-7-13/h10-12H,2-9H2,1H3/t10-,11+/m1/s1. The van der Waals surface area contributed by atoms with Gasteiger partial charge in [-0.05, 0) is 32.5 Å². The van der Waals surface area contributed by atoms with E-state index in [0.29, 0.717) is 11.5 Å². The van der Waals surface area contributed by atoms with E-state index in [1.807, 2.05) is 6.92 Å². The van der Waals surface area contributed by atoms with Gasteiger partial charge in [-0.1, -0.05) is 13.3 Å². The molecule has 1 N–H and O–H groups in total. The number of nitrogens with zero attached hydrogens (tertiary/aromatic N) is 1. The molecule has 0 unspecified atom stereocenters. The Labute approximate surface area is 98.3 Å². The number of likely N-dealkylation sites (N-methyl/N-ethyl adjacent to an activating group) is 1. The molecule has 5 heteroatoms. The third kappa shape index (κ3) is 2.76. The van der Waals surface area contributed by atoms with Crippen LogP contribution in [0.2, 0.25) is 0 Å². The maximum Gasteiger partial charge on any atom is 0.153 e. The summed E-state index contributed by atoms with van der Waals surface area (Å²) in [5.41, 5.74) is 0. The van der Waals surface area contributed by atoms with Crippen LogP contribution in [0.1, 0.15) is 26.2 Å². The van der Waals surface area contributed by atoms with E-state index in [1.54, 1.807) is 0 Å². The highest BCUT2D eigenvalue weighted by Crippen LogP contribution is 2.22. The summed E-state index contributed by atoms with van der Waals surface area (Å²) in [7, 11) is -2.82. The maximum atomic E-state index is 11.7. The Hall–Kier alpha value is -0.130. The van der Waals surface area contributed by atoms with Gasteiger partial charge in [-0.15, -0.1) is 0 Å². The first kappa shape index (κ1) is 12.3. The predicted octanol–water partition coefficient (Wildman–Crippen LogP) is 0.247. The van der Waals surface area contributed by atoms with Gasteiger partial charge < -0.3 is 5.32 Å². The molecule has 2 heterocycles. The van der Waals surface area contributed by atoms with Crippen LogP contribution >= 0.6 is 0 Å². The summed E-state index contributed by atoms with van der Waals surface area (Å²) < 4.78 is 23.4. The normalized spacial score (nSPS) is 35.3. The maximum absolute atomic E-state index is 11.7. The first-order valence-electron chi connectivity index (χ1n) is 6.30. The number of hydrogen-bond donors (Lipinski definition) is 1. The molecule has 2 fully saturated rings. The molecule has 0 aromatic heterocycles. The molecule has 0 amide bonds. The van der Waals surface area contributed by atoms with Crippen LogP contribution in [0, 0.1) is 0 Å². The summed E-state index contributed by atoms with van der Waals surface area (Å²) >= 11 is 0. The van der Waals surface area contributed by atoms with E-state index in [2.05, 4.69) is 10.2 Å². The van der Waals surface area contributed by atoms with Crippen LogP contribution < -0.4 is 5.32 Å². The lowest BCUT2D eigenvalue weighted by atomic mass is 10.1. The van der Waals surface area contributed by atoms with Crippen molar-refractivity contribution in [1.82, 2.24) is 10.2 Å². The fraction of sp³-hybridized carbons (Fsp3) is 1.00. The highest BCUT2D eigenvalue weighted by atomic mass is 32.2. The molecule has 0 saturated carbocycles. The van der Waals surface area contributed by atoms with Gasteiger partial charge in [0.25, 0.3) is 0 Å². The summed E-state index contributed by atoms with van der Waals surface area (Å²) in [5, 5.41) is 3.33. The van der Waals surface area contributed by atoms with Crippen LogP contribution in [-0.4, -0.2) is 56.5 Å². The van der Waals surface area contributed by atoms with Gasteiger partial charge in [0, 0.05) is 12.1 Å². The van der Waals surface area contributed by atoms with E-state index in [-0.39, 0.29) is 12.1 Å². The van der Waals surface area contributed by atoms with Crippen molar-refractivity contribution < 1.29 is 8.42 Å². The van der Waals surface area contributed by atoms with E-state index in [4.69, 9.17) is 0 Å². The molecule has 0 aromatic rings. The van der Waals surface area contributed by atoms with Crippen molar-refractivity contribution in [3.05, 3.63) is 0 Å². The average molecular weight is 246 g/mol. The van der Waals surface area contributed by atoms with Crippen molar-refractivity contribution in [3.63, 3.8) is 0 Å². The second kappa shape index (κ2) is 5.02. The van der Waals surface area contributed by atoms with Crippen molar-refractivity contribution >= 4 is 9.84 Å². The van der Waals surface area contributed by atoms with E-state index in [9.17, 15) is 8.42 Å². The van der Waals surface area contributed by atoms with E-state index in [0.717, 1.165) is 19.6 Å². The van der Waals surface area contributed by atoms with Gasteiger partial charge in [0.05, 0.1) is 11.5 Å². The molecule has 2 saturated heterocycles. The number of rotatable bonds is 3. The molecular formula is C11H22N2O2S. The molecule has 2 aliphatic heterocycles. The second-order valence-corrected chi connectivity index (χ2v) is 7.06. The van der Waals surface area contributed by atoms with Crippen LogP contribution in [0.4, 0.5) is 0 Å². The lowest BCUT2D eigenvalue weighted by Crippen LogP contribution is -2.50. The zero-order valence-corrected chi connectivity index (χ0v) is 10.8. The van der Waals surface area contributed by atoms with Crippen molar-refractivity contribution in [1.29, 1.82) is 0 Å². The quantitative estimate of drug-likeness (QED) is 0.775. The number of sulfone groups is 1. The summed E-state index contributed by atoms with van der Waals surface area (Å²) in [4.78, 5) is 2.38. The van der Waals surface area contributed by atoms with Gasteiger partial charge in [0.15, 0.2) is 9.84 Å². The van der Waals surface area contributed by atoms with Gasteiger partial charge in [-0.25, -0.2) is 8.42 Å². The topological polar surface area (TPSA) is 49.4 Å². The van der Waals surface area contributed by atoms with Gasteiger partial charge in [0.2, 0.25) is 0 Å². The van der Waals surface area contributed by atoms with Crippen LogP contribution in [-0.2, 0) is 9.84 Å². The fourth-order valence-corrected chi connectivity index (χ4v) is 4.88. The van der Waals surface area contributed by atoms with Crippen molar-refractivity contribution in [2.45, 2.75) is 38.3 Å².